The number of aliphatic hydroxyl groups is 1. The van der Waals surface area contributed by atoms with E-state index < -0.39 is 0 Å². The Bertz CT molecular complexity index is 600. The highest BCUT2D eigenvalue weighted by molar-refractivity contribution is 6.42. The van der Waals surface area contributed by atoms with E-state index in [0.717, 1.165) is 24.8 Å². The van der Waals surface area contributed by atoms with Gasteiger partial charge in [0.1, 0.15) is 0 Å². The van der Waals surface area contributed by atoms with Crippen molar-refractivity contribution in [1.29, 1.82) is 0 Å². The summed E-state index contributed by atoms with van der Waals surface area (Å²) in [5, 5.41) is 14.7. The SMILES string of the molecule is OC1CCCC1c1nc(-c2ccc(Cl)c(Cl)c2)no1. The van der Waals surface area contributed by atoms with Gasteiger partial charge in [-0.3, -0.25) is 0 Å². The minimum atomic E-state index is -0.387. The molecule has 19 heavy (non-hydrogen) atoms. The van der Waals surface area contributed by atoms with Crippen molar-refractivity contribution in [1.82, 2.24) is 10.1 Å². The predicted molar refractivity (Wildman–Crippen MR) is 72.4 cm³/mol. The van der Waals surface area contributed by atoms with Crippen molar-refractivity contribution in [2.24, 2.45) is 0 Å². The maximum atomic E-state index is 9.84. The molecule has 1 aromatic carbocycles. The Morgan fingerprint density at radius 1 is 1.21 bits per heavy atom. The highest BCUT2D eigenvalue weighted by atomic mass is 35.5. The number of hydrogen-bond donors (Lipinski definition) is 1. The molecule has 0 amide bonds. The third-order valence-corrected chi connectivity index (χ3v) is 4.16. The van der Waals surface area contributed by atoms with Crippen LogP contribution in [0.2, 0.25) is 10.0 Å². The normalized spacial score (nSPS) is 22.9. The summed E-state index contributed by atoms with van der Waals surface area (Å²) in [5.41, 5.74) is 0.747. The first-order chi connectivity index (χ1) is 9.15. The molecule has 0 aliphatic heterocycles. The Kier molecular flexibility index (Phi) is 3.48. The molecule has 0 radical (unpaired) electrons. The van der Waals surface area contributed by atoms with Crippen molar-refractivity contribution >= 4 is 23.2 Å². The van der Waals surface area contributed by atoms with Crippen LogP contribution in [-0.4, -0.2) is 21.4 Å². The number of hydrogen-bond acceptors (Lipinski definition) is 4. The molecule has 2 atom stereocenters. The first-order valence-electron chi connectivity index (χ1n) is 6.12. The molecule has 2 aromatic rings. The largest absolute Gasteiger partial charge is 0.392 e. The maximum absolute atomic E-state index is 9.84. The zero-order valence-corrected chi connectivity index (χ0v) is 11.5. The van der Waals surface area contributed by atoms with Crippen LogP contribution in [0.15, 0.2) is 22.7 Å². The number of nitrogens with zero attached hydrogens (tertiary/aromatic N) is 2. The van der Waals surface area contributed by atoms with Crippen LogP contribution in [0.5, 0.6) is 0 Å². The summed E-state index contributed by atoms with van der Waals surface area (Å²) >= 11 is 11.8. The van der Waals surface area contributed by atoms with Crippen LogP contribution in [0.4, 0.5) is 0 Å². The number of rotatable bonds is 2. The van der Waals surface area contributed by atoms with E-state index in [0.29, 0.717) is 21.8 Å². The molecule has 4 nitrogen and oxygen atoms in total. The van der Waals surface area contributed by atoms with Crippen molar-refractivity contribution < 1.29 is 9.63 Å². The summed E-state index contributed by atoms with van der Waals surface area (Å²) in [6, 6.07) is 5.18. The van der Waals surface area contributed by atoms with E-state index in [1.165, 1.54) is 0 Å². The third-order valence-electron chi connectivity index (χ3n) is 3.42. The van der Waals surface area contributed by atoms with E-state index in [9.17, 15) is 5.11 Å². The number of aromatic nitrogens is 2. The van der Waals surface area contributed by atoms with E-state index in [2.05, 4.69) is 10.1 Å². The molecule has 1 N–H and O–H groups in total. The highest BCUT2D eigenvalue weighted by Gasteiger charge is 2.31. The second kappa shape index (κ2) is 5.12. The van der Waals surface area contributed by atoms with Crippen LogP contribution < -0.4 is 0 Å². The molecule has 1 heterocycles. The van der Waals surface area contributed by atoms with Gasteiger partial charge in [0.25, 0.3) is 0 Å². The van der Waals surface area contributed by atoms with E-state index in [4.69, 9.17) is 27.7 Å². The van der Waals surface area contributed by atoms with E-state index >= 15 is 0 Å². The van der Waals surface area contributed by atoms with Crippen molar-refractivity contribution in [3.63, 3.8) is 0 Å². The standard InChI is InChI=1S/C13H12Cl2N2O2/c14-9-5-4-7(6-10(9)15)12-16-13(19-17-12)8-2-1-3-11(8)18/h4-6,8,11,18H,1-3H2. The second-order valence-corrected chi connectivity index (χ2v) is 5.50. The molecule has 1 aliphatic rings. The van der Waals surface area contributed by atoms with Crippen LogP contribution in [-0.2, 0) is 0 Å². The molecule has 2 unspecified atom stereocenters. The van der Waals surface area contributed by atoms with Gasteiger partial charge in [-0.05, 0) is 37.5 Å². The Labute approximate surface area is 120 Å². The fraction of sp³-hybridized carbons (Fsp3) is 0.385. The summed E-state index contributed by atoms with van der Waals surface area (Å²) in [6.45, 7) is 0. The first-order valence-corrected chi connectivity index (χ1v) is 6.88. The summed E-state index contributed by atoms with van der Waals surface area (Å²) < 4.78 is 5.25. The summed E-state index contributed by atoms with van der Waals surface area (Å²) in [5.74, 6) is 0.905. The van der Waals surface area contributed by atoms with Crippen LogP contribution in [0, 0.1) is 0 Å². The second-order valence-electron chi connectivity index (χ2n) is 4.69. The van der Waals surface area contributed by atoms with E-state index in [1.807, 2.05) is 0 Å². The van der Waals surface area contributed by atoms with Gasteiger partial charge in [0, 0.05) is 5.56 Å². The van der Waals surface area contributed by atoms with Crippen LogP contribution in [0.25, 0.3) is 11.4 Å². The van der Waals surface area contributed by atoms with Crippen molar-refractivity contribution in [2.75, 3.05) is 0 Å². The molecule has 100 valence electrons. The van der Waals surface area contributed by atoms with Gasteiger partial charge in [-0.1, -0.05) is 28.4 Å². The van der Waals surface area contributed by atoms with Crippen molar-refractivity contribution in [3.8, 4) is 11.4 Å². The van der Waals surface area contributed by atoms with Gasteiger partial charge in [-0.25, -0.2) is 0 Å². The van der Waals surface area contributed by atoms with Crippen molar-refractivity contribution in [3.05, 3.63) is 34.1 Å². The Morgan fingerprint density at radius 3 is 2.74 bits per heavy atom. The maximum Gasteiger partial charge on any atom is 0.232 e. The topological polar surface area (TPSA) is 59.2 Å². The number of aliphatic hydroxyl groups excluding tert-OH is 1. The van der Waals surface area contributed by atoms with Gasteiger partial charge in [-0.2, -0.15) is 4.98 Å². The molecule has 0 spiro atoms. The third kappa shape index (κ3) is 2.48. The minimum absolute atomic E-state index is 0.0518. The fourth-order valence-corrected chi connectivity index (χ4v) is 2.66. The first kappa shape index (κ1) is 12.9. The molecule has 0 bridgehead atoms. The highest BCUT2D eigenvalue weighted by Crippen LogP contribution is 2.35. The lowest BCUT2D eigenvalue weighted by Gasteiger charge is -2.07. The Morgan fingerprint density at radius 2 is 2.05 bits per heavy atom. The van der Waals surface area contributed by atoms with Crippen molar-refractivity contribution in [2.45, 2.75) is 31.3 Å². The zero-order chi connectivity index (χ0) is 13.4. The molecule has 3 rings (SSSR count). The van der Waals surface area contributed by atoms with Gasteiger partial charge < -0.3 is 9.63 Å². The number of halogens is 2. The molecule has 1 fully saturated rings. The van der Waals surface area contributed by atoms with Crippen LogP contribution in [0.3, 0.4) is 0 Å². The lowest BCUT2D eigenvalue weighted by Crippen LogP contribution is -2.11. The summed E-state index contributed by atoms with van der Waals surface area (Å²) in [7, 11) is 0. The van der Waals surface area contributed by atoms with Gasteiger partial charge in [-0.15, -0.1) is 0 Å². The van der Waals surface area contributed by atoms with Gasteiger partial charge in [0.2, 0.25) is 11.7 Å². The van der Waals surface area contributed by atoms with Crippen LogP contribution in [0.1, 0.15) is 31.1 Å². The molecular weight excluding hydrogens is 287 g/mol. The lowest BCUT2D eigenvalue weighted by atomic mass is 10.1. The van der Waals surface area contributed by atoms with E-state index in [1.54, 1.807) is 18.2 Å². The molecule has 0 saturated heterocycles. The monoisotopic (exact) mass is 298 g/mol. The summed E-state index contributed by atoms with van der Waals surface area (Å²) in [4.78, 5) is 4.34. The van der Waals surface area contributed by atoms with Gasteiger partial charge in [0.05, 0.1) is 22.1 Å². The number of benzene rings is 1. The van der Waals surface area contributed by atoms with Crippen LogP contribution >= 0.6 is 23.2 Å². The molecule has 1 aromatic heterocycles. The average Bonchev–Trinajstić information content (AvgIpc) is 3.01. The molecule has 6 heteroatoms. The Balaban J connectivity index is 1.90. The smallest absolute Gasteiger partial charge is 0.232 e. The van der Waals surface area contributed by atoms with Gasteiger partial charge >= 0.3 is 0 Å². The average molecular weight is 299 g/mol. The molecule has 1 saturated carbocycles. The predicted octanol–water partition coefficient (Wildman–Crippen LogP) is 3.67. The Hall–Kier alpha value is -1.10. The quantitative estimate of drug-likeness (QED) is 0.919. The molecular formula is C13H12Cl2N2O2. The zero-order valence-electron chi connectivity index (χ0n) is 10.0. The fourth-order valence-electron chi connectivity index (χ4n) is 2.37. The van der Waals surface area contributed by atoms with Gasteiger partial charge in [0.15, 0.2) is 0 Å². The van der Waals surface area contributed by atoms with E-state index in [-0.39, 0.29) is 12.0 Å². The lowest BCUT2D eigenvalue weighted by molar-refractivity contribution is 0.148. The minimum Gasteiger partial charge on any atom is -0.392 e. The summed E-state index contributed by atoms with van der Waals surface area (Å²) in [6.07, 6.45) is 2.26. The molecule has 1 aliphatic carbocycles.